The Morgan fingerprint density at radius 1 is 1.05 bits per heavy atom. The van der Waals surface area contributed by atoms with E-state index in [0.717, 1.165) is 4.90 Å². The first-order valence-electron chi connectivity index (χ1n) is 5.96. The van der Waals surface area contributed by atoms with Crippen LogP contribution in [0.3, 0.4) is 0 Å². The van der Waals surface area contributed by atoms with Gasteiger partial charge in [0.25, 0.3) is 0 Å². The molecule has 0 saturated carbocycles. The molecule has 1 unspecified atom stereocenters. The van der Waals surface area contributed by atoms with Gasteiger partial charge in [-0.25, -0.2) is 13.2 Å². The Balaban J connectivity index is 2.29. The molecule has 1 aliphatic rings. The van der Waals surface area contributed by atoms with Crippen LogP contribution in [0.4, 0.5) is 32.0 Å². The van der Waals surface area contributed by atoms with E-state index < -0.39 is 36.1 Å². The van der Waals surface area contributed by atoms with Crippen LogP contribution in [0.25, 0.3) is 0 Å². The van der Waals surface area contributed by atoms with Gasteiger partial charge in [-0.2, -0.15) is 13.2 Å². The molecule has 20 heavy (non-hydrogen) atoms. The van der Waals surface area contributed by atoms with Crippen molar-refractivity contribution < 1.29 is 26.3 Å². The Hall–Kier alpha value is -1.44. The van der Waals surface area contributed by atoms with Crippen molar-refractivity contribution in [3.8, 4) is 0 Å². The van der Waals surface area contributed by atoms with Crippen LogP contribution in [0, 0.1) is 23.4 Å². The lowest BCUT2D eigenvalue weighted by Crippen LogP contribution is -2.38. The number of nitrogens with zero attached hydrogens (tertiary/aromatic N) is 1. The zero-order valence-corrected chi connectivity index (χ0v) is 10.3. The van der Waals surface area contributed by atoms with Crippen molar-refractivity contribution in [2.24, 2.45) is 5.92 Å². The highest BCUT2D eigenvalue weighted by Gasteiger charge is 2.41. The Morgan fingerprint density at radius 3 is 2.35 bits per heavy atom. The SMILES string of the molecule is Fc1cc(F)c(N2CCNCC(C(F)(F)F)C2)cc1F. The summed E-state index contributed by atoms with van der Waals surface area (Å²) < 4.78 is 77.9. The summed E-state index contributed by atoms with van der Waals surface area (Å²) in [5.74, 6) is -5.43. The van der Waals surface area contributed by atoms with Gasteiger partial charge in [-0.15, -0.1) is 0 Å². The van der Waals surface area contributed by atoms with Crippen molar-refractivity contribution in [3.63, 3.8) is 0 Å². The summed E-state index contributed by atoms with van der Waals surface area (Å²) in [6.45, 7) is -0.511. The highest BCUT2D eigenvalue weighted by atomic mass is 19.4. The van der Waals surface area contributed by atoms with E-state index in [-0.39, 0.29) is 25.3 Å². The third-order valence-electron chi connectivity index (χ3n) is 3.18. The van der Waals surface area contributed by atoms with Gasteiger partial charge in [0.2, 0.25) is 0 Å². The van der Waals surface area contributed by atoms with Crippen LogP contribution < -0.4 is 10.2 Å². The number of nitrogens with one attached hydrogen (secondary N) is 1. The summed E-state index contributed by atoms with van der Waals surface area (Å²) >= 11 is 0. The van der Waals surface area contributed by atoms with Crippen molar-refractivity contribution >= 4 is 5.69 Å². The molecule has 1 fully saturated rings. The van der Waals surface area contributed by atoms with E-state index in [0.29, 0.717) is 12.1 Å². The average molecular weight is 298 g/mol. The quantitative estimate of drug-likeness (QED) is 0.633. The molecule has 0 aromatic heterocycles. The zero-order chi connectivity index (χ0) is 14.9. The van der Waals surface area contributed by atoms with Crippen LogP contribution in [0.2, 0.25) is 0 Å². The molecule has 2 nitrogen and oxygen atoms in total. The largest absolute Gasteiger partial charge is 0.394 e. The molecule has 112 valence electrons. The highest BCUT2D eigenvalue weighted by Crippen LogP contribution is 2.30. The normalized spacial score (nSPS) is 20.9. The number of rotatable bonds is 1. The molecule has 1 aliphatic heterocycles. The number of benzene rings is 1. The summed E-state index contributed by atoms with van der Waals surface area (Å²) in [7, 11) is 0. The third kappa shape index (κ3) is 3.17. The van der Waals surface area contributed by atoms with E-state index in [1.807, 2.05) is 0 Å². The summed E-state index contributed by atoms with van der Waals surface area (Å²) in [6.07, 6.45) is -4.44. The first-order valence-corrected chi connectivity index (χ1v) is 5.96. The van der Waals surface area contributed by atoms with Crippen LogP contribution in [-0.2, 0) is 0 Å². The van der Waals surface area contributed by atoms with Crippen LogP contribution >= 0.6 is 0 Å². The molecule has 1 N–H and O–H groups in total. The van der Waals surface area contributed by atoms with E-state index in [9.17, 15) is 26.3 Å². The third-order valence-corrected chi connectivity index (χ3v) is 3.18. The fourth-order valence-corrected chi connectivity index (χ4v) is 2.10. The Labute approximate surface area is 111 Å². The lowest BCUT2D eigenvalue weighted by atomic mass is 10.1. The molecule has 1 atom stereocenters. The summed E-state index contributed by atoms with van der Waals surface area (Å²) in [5, 5.41) is 2.60. The maximum absolute atomic E-state index is 13.6. The standard InChI is InChI=1S/C12H12F6N2/c13-8-3-10(15)11(4-9(8)14)20-2-1-19-5-7(6-20)12(16,17)18/h3-4,7,19H,1-2,5-6H2. The lowest BCUT2D eigenvalue weighted by Gasteiger charge is -2.27. The van der Waals surface area contributed by atoms with E-state index in [2.05, 4.69) is 5.32 Å². The maximum Gasteiger partial charge on any atom is 0.394 e. The molecule has 0 spiro atoms. The molecule has 1 heterocycles. The molecule has 1 aromatic rings. The summed E-state index contributed by atoms with van der Waals surface area (Å²) in [6, 6.07) is 0.926. The molecular formula is C12H12F6N2. The van der Waals surface area contributed by atoms with Gasteiger partial charge >= 0.3 is 6.18 Å². The zero-order valence-electron chi connectivity index (χ0n) is 10.3. The van der Waals surface area contributed by atoms with Crippen LogP contribution in [0.15, 0.2) is 12.1 Å². The van der Waals surface area contributed by atoms with Crippen molar-refractivity contribution in [3.05, 3.63) is 29.6 Å². The molecular weight excluding hydrogens is 286 g/mol. The van der Waals surface area contributed by atoms with Crippen molar-refractivity contribution in [1.82, 2.24) is 5.32 Å². The van der Waals surface area contributed by atoms with Gasteiger partial charge in [0, 0.05) is 38.3 Å². The molecule has 2 rings (SSSR count). The monoisotopic (exact) mass is 298 g/mol. The van der Waals surface area contributed by atoms with E-state index in [1.165, 1.54) is 0 Å². The second-order valence-electron chi connectivity index (χ2n) is 4.61. The minimum absolute atomic E-state index is 0.0779. The number of anilines is 1. The second-order valence-corrected chi connectivity index (χ2v) is 4.61. The van der Waals surface area contributed by atoms with Gasteiger partial charge in [-0.05, 0) is 0 Å². The molecule has 1 aromatic carbocycles. The molecule has 0 bridgehead atoms. The van der Waals surface area contributed by atoms with Gasteiger partial charge in [-0.1, -0.05) is 0 Å². The fraction of sp³-hybridized carbons (Fsp3) is 0.500. The van der Waals surface area contributed by atoms with Crippen LogP contribution in [0.1, 0.15) is 0 Å². The second kappa shape index (κ2) is 5.51. The topological polar surface area (TPSA) is 15.3 Å². The predicted octanol–water partition coefficient (Wildman–Crippen LogP) is 2.69. The molecule has 0 radical (unpaired) electrons. The van der Waals surface area contributed by atoms with Gasteiger partial charge < -0.3 is 10.2 Å². The first-order chi connectivity index (χ1) is 9.29. The summed E-state index contributed by atoms with van der Waals surface area (Å²) in [5.41, 5.74) is -0.359. The number of alkyl halides is 3. The van der Waals surface area contributed by atoms with E-state index >= 15 is 0 Å². The molecule has 0 amide bonds. The minimum atomic E-state index is -4.44. The number of halogens is 6. The Kier molecular flexibility index (Phi) is 4.12. The molecule has 1 saturated heterocycles. The summed E-state index contributed by atoms with van der Waals surface area (Å²) in [4.78, 5) is 1.08. The van der Waals surface area contributed by atoms with Crippen molar-refractivity contribution in [2.45, 2.75) is 6.18 Å². The lowest BCUT2D eigenvalue weighted by molar-refractivity contribution is -0.169. The smallest absolute Gasteiger partial charge is 0.367 e. The van der Waals surface area contributed by atoms with E-state index in [4.69, 9.17) is 0 Å². The van der Waals surface area contributed by atoms with Gasteiger partial charge in [0.15, 0.2) is 11.6 Å². The number of hydrogen-bond acceptors (Lipinski definition) is 2. The fourth-order valence-electron chi connectivity index (χ4n) is 2.10. The van der Waals surface area contributed by atoms with E-state index in [1.54, 1.807) is 0 Å². The highest BCUT2D eigenvalue weighted by molar-refractivity contribution is 5.48. The number of hydrogen-bond donors (Lipinski definition) is 1. The Bertz CT molecular complexity index is 488. The Morgan fingerprint density at radius 2 is 1.70 bits per heavy atom. The first kappa shape index (κ1) is 15.0. The minimum Gasteiger partial charge on any atom is -0.367 e. The van der Waals surface area contributed by atoms with Crippen LogP contribution in [-0.4, -0.2) is 32.4 Å². The van der Waals surface area contributed by atoms with Gasteiger partial charge in [-0.3, -0.25) is 0 Å². The maximum atomic E-state index is 13.6. The van der Waals surface area contributed by atoms with Gasteiger partial charge in [0.1, 0.15) is 5.82 Å². The average Bonchev–Trinajstić information content (AvgIpc) is 2.59. The van der Waals surface area contributed by atoms with Crippen molar-refractivity contribution in [2.75, 3.05) is 31.1 Å². The van der Waals surface area contributed by atoms with Gasteiger partial charge in [0.05, 0.1) is 11.6 Å². The van der Waals surface area contributed by atoms with Crippen molar-refractivity contribution in [1.29, 1.82) is 0 Å². The predicted molar refractivity (Wildman–Crippen MR) is 60.9 cm³/mol. The molecule has 8 heteroatoms. The molecule has 0 aliphatic carbocycles. The van der Waals surface area contributed by atoms with Crippen LogP contribution in [0.5, 0.6) is 0 Å².